The summed E-state index contributed by atoms with van der Waals surface area (Å²) in [4.78, 5) is 33.5. The molecule has 1 aromatic heterocycles. The third-order valence-electron chi connectivity index (χ3n) is 5.85. The fraction of sp³-hybridized carbons (Fsp3) is 0.350. The van der Waals surface area contributed by atoms with Gasteiger partial charge in [0.15, 0.2) is 5.72 Å². The third kappa shape index (κ3) is 2.40. The minimum absolute atomic E-state index is 0.0353. The Kier molecular flexibility index (Phi) is 3.74. The summed E-state index contributed by atoms with van der Waals surface area (Å²) in [6.07, 6.45) is 3.90. The number of hydrogen-bond acceptors (Lipinski definition) is 4. The van der Waals surface area contributed by atoms with Crippen molar-refractivity contribution in [3.05, 3.63) is 64.9 Å². The summed E-state index contributed by atoms with van der Waals surface area (Å²) in [6.45, 7) is 0.994. The van der Waals surface area contributed by atoms with Crippen LogP contribution < -0.4 is 0 Å². The molecule has 0 radical (unpaired) electrons. The van der Waals surface area contributed by atoms with Crippen LogP contribution in [0.3, 0.4) is 0 Å². The Morgan fingerprint density at radius 3 is 2.85 bits per heavy atom. The van der Waals surface area contributed by atoms with Gasteiger partial charge >= 0.3 is 0 Å². The van der Waals surface area contributed by atoms with Crippen LogP contribution in [0.5, 0.6) is 0 Å². The van der Waals surface area contributed by atoms with Crippen LogP contribution in [0.2, 0.25) is 5.02 Å². The van der Waals surface area contributed by atoms with E-state index in [1.165, 1.54) is 12.4 Å². The van der Waals surface area contributed by atoms with E-state index in [0.717, 1.165) is 5.56 Å². The highest BCUT2D eigenvalue weighted by Crippen LogP contribution is 2.51. The highest BCUT2D eigenvalue weighted by molar-refractivity contribution is 6.30. The Morgan fingerprint density at radius 1 is 1.26 bits per heavy atom. The second-order valence-corrected chi connectivity index (χ2v) is 7.64. The molecule has 6 nitrogen and oxygen atoms in total. The molecule has 3 aliphatic heterocycles. The normalized spacial score (nSPS) is 29.1. The summed E-state index contributed by atoms with van der Waals surface area (Å²) in [5.74, 6) is -0.124. The largest absolute Gasteiger partial charge is 0.351 e. The van der Waals surface area contributed by atoms with Crippen molar-refractivity contribution in [2.24, 2.45) is 0 Å². The molecule has 0 N–H and O–H groups in total. The zero-order valence-electron chi connectivity index (χ0n) is 14.5. The molecular formula is C20H18ClN3O3. The minimum Gasteiger partial charge on any atom is -0.351 e. The average Bonchev–Trinajstić information content (AvgIpc) is 3.31. The number of amides is 2. The second-order valence-electron chi connectivity index (χ2n) is 7.21. The summed E-state index contributed by atoms with van der Waals surface area (Å²) in [7, 11) is 0. The van der Waals surface area contributed by atoms with Gasteiger partial charge in [-0.15, -0.1) is 0 Å². The smallest absolute Gasteiger partial charge is 0.255 e. The standard InChI is InChI=1S/C20H18ClN3O3/c21-15-8-14(10-22-11-15)19(26)23-7-6-20-17(23)9-18(25)24(20)16(12-27-20)13-4-2-1-3-5-13/h1-5,8,10-11,16-17H,6-7,9,12H2/t16-,17+,20-/m0/s1. The van der Waals surface area contributed by atoms with Crippen LogP contribution >= 0.6 is 11.6 Å². The van der Waals surface area contributed by atoms with Crippen molar-refractivity contribution in [2.75, 3.05) is 13.2 Å². The van der Waals surface area contributed by atoms with Crippen LogP contribution in [0.1, 0.15) is 34.8 Å². The lowest BCUT2D eigenvalue weighted by Crippen LogP contribution is -2.49. The highest BCUT2D eigenvalue weighted by atomic mass is 35.5. The number of carbonyl (C=O) groups excluding carboxylic acids is 2. The van der Waals surface area contributed by atoms with E-state index in [1.54, 1.807) is 11.0 Å². The van der Waals surface area contributed by atoms with E-state index in [2.05, 4.69) is 4.98 Å². The molecule has 0 aliphatic carbocycles. The molecular weight excluding hydrogens is 366 g/mol. The van der Waals surface area contributed by atoms with Gasteiger partial charge < -0.3 is 14.5 Å². The number of halogens is 1. The van der Waals surface area contributed by atoms with E-state index in [-0.39, 0.29) is 30.3 Å². The Morgan fingerprint density at radius 2 is 2.07 bits per heavy atom. The first-order valence-corrected chi connectivity index (χ1v) is 9.40. The van der Waals surface area contributed by atoms with Crippen molar-refractivity contribution in [1.29, 1.82) is 0 Å². The van der Waals surface area contributed by atoms with Crippen LogP contribution in [-0.2, 0) is 9.53 Å². The Labute approximate surface area is 161 Å². The molecule has 3 fully saturated rings. The molecule has 27 heavy (non-hydrogen) atoms. The molecule has 3 aliphatic rings. The number of rotatable bonds is 2. The van der Waals surface area contributed by atoms with E-state index >= 15 is 0 Å². The molecule has 0 bridgehead atoms. The zero-order chi connectivity index (χ0) is 18.6. The lowest BCUT2D eigenvalue weighted by molar-refractivity contribution is -0.138. The second kappa shape index (κ2) is 6.04. The van der Waals surface area contributed by atoms with Crippen molar-refractivity contribution >= 4 is 23.4 Å². The molecule has 3 saturated heterocycles. The van der Waals surface area contributed by atoms with Gasteiger partial charge in [0.25, 0.3) is 5.91 Å². The van der Waals surface area contributed by atoms with Crippen LogP contribution in [0.15, 0.2) is 48.8 Å². The topological polar surface area (TPSA) is 62.7 Å². The number of benzene rings is 1. The fourth-order valence-corrected chi connectivity index (χ4v) is 4.88. The molecule has 5 rings (SSSR count). The number of hydrogen-bond donors (Lipinski definition) is 0. The average molecular weight is 384 g/mol. The van der Waals surface area contributed by atoms with Crippen LogP contribution in [-0.4, -0.2) is 51.5 Å². The third-order valence-corrected chi connectivity index (χ3v) is 6.06. The van der Waals surface area contributed by atoms with Gasteiger partial charge in [-0.3, -0.25) is 14.6 Å². The van der Waals surface area contributed by atoms with Crippen molar-refractivity contribution in [3.8, 4) is 0 Å². The number of likely N-dealkylation sites (tertiary alicyclic amines) is 1. The van der Waals surface area contributed by atoms with E-state index < -0.39 is 5.72 Å². The fourth-order valence-electron chi connectivity index (χ4n) is 4.70. The number of ether oxygens (including phenoxy) is 1. The first-order chi connectivity index (χ1) is 13.1. The van der Waals surface area contributed by atoms with Crippen molar-refractivity contribution in [3.63, 3.8) is 0 Å². The maximum atomic E-state index is 13.0. The SMILES string of the molecule is O=C(c1cncc(Cl)c1)N1CC[C@@]23OC[C@@H](c4ccccc4)N2C(=O)C[C@@H]13. The molecule has 0 saturated carbocycles. The summed E-state index contributed by atoms with van der Waals surface area (Å²) in [5.41, 5.74) is 0.773. The van der Waals surface area contributed by atoms with Gasteiger partial charge in [0.2, 0.25) is 5.91 Å². The summed E-state index contributed by atoms with van der Waals surface area (Å²) in [5, 5.41) is 0.417. The molecule has 2 aromatic rings. The Balaban J connectivity index is 1.47. The quantitative estimate of drug-likeness (QED) is 0.799. The van der Waals surface area contributed by atoms with Crippen LogP contribution in [0.4, 0.5) is 0 Å². The summed E-state index contributed by atoms with van der Waals surface area (Å²) < 4.78 is 6.24. The van der Waals surface area contributed by atoms with Gasteiger partial charge in [-0.05, 0) is 11.6 Å². The van der Waals surface area contributed by atoms with E-state index in [4.69, 9.17) is 16.3 Å². The summed E-state index contributed by atoms with van der Waals surface area (Å²) >= 11 is 5.98. The number of pyridine rings is 1. The Bertz CT molecular complexity index is 922. The first-order valence-electron chi connectivity index (χ1n) is 9.03. The number of nitrogens with zero attached hydrogens (tertiary/aromatic N) is 3. The first kappa shape index (κ1) is 16.7. The molecule has 2 amide bonds. The minimum atomic E-state index is -0.723. The van der Waals surface area contributed by atoms with Gasteiger partial charge in [0.1, 0.15) is 0 Å². The number of carbonyl (C=O) groups is 2. The van der Waals surface area contributed by atoms with Gasteiger partial charge in [-0.2, -0.15) is 0 Å². The van der Waals surface area contributed by atoms with E-state index in [9.17, 15) is 9.59 Å². The predicted octanol–water partition coefficient (Wildman–Crippen LogP) is 2.65. The van der Waals surface area contributed by atoms with Gasteiger partial charge in [0, 0.05) is 25.4 Å². The molecule has 1 aromatic carbocycles. The molecule has 138 valence electrons. The van der Waals surface area contributed by atoms with E-state index in [0.29, 0.717) is 30.2 Å². The van der Waals surface area contributed by atoms with Crippen LogP contribution in [0.25, 0.3) is 0 Å². The molecule has 1 spiro atoms. The lowest BCUT2D eigenvalue weighted by Gasteiger charge is -2.33. The molecule has 4 heterocycles. The maximum absolute atomic E-state index is 13.0. The molecule has 0 unspecified atom stereocenters. The van der Waals surface area contributed by atoms with Crippen molar-refractivity contribution in [2.45, 2.75) is 30.7 Å². The van der Waals surface area contributed by atoms with Gasteiger partial charge in [0.05, 0.1) is 35.7 Å². The number of aromatic nitrogens is 1. The monoisotopic (exact) mass is 383 g/mol. The summed E-state index contributed by atoms with van der Waals surface area (Å²) in [6, 6.07) is 11.1. The Hall–Kier alpha value is -2.44. The van der Waals surface area contributed by atoms with Gasteiger partial charge in [-0.1, -0.05) is 41.9 Å². The van der Waals surface area contributed by atoms with Crippen LogP contribution in [0, 0.1) is 0 Å². The predicted molar refractivity (Wildman–Crippen MR) is 98.0 cm³/mol. The molecule has 7 heteroatoms. The molecule has 3 atom stereocenters. The van der Waals surface area contributed by atoms with Crippen molar-refractivity contribution < 1.29 is 14.3 Å². The lowest BCUT2D eigenvalue weighted by atomic mass is 10.0. The zero-order valence-corrected chi connectivity index (χ0v) is 15.3. The van der Waals surface area contributed by atoms with Gasteiger partial charge in [-0.25, -0.2) is 0 Å². The highest BCUT2D eigenvalue weighted by Gasteiger charge is 2.65. The maximum Gasteiger partial charge on any atom is 0.255 e. The van der Waals surface area contributed by atoms with Crippen molar-refractivity contribution in [1.82, 2.24) is 14.8 Å². The van der Waals surface area contributed by atoms with E-state index in [1.807, 2.05) is 35.2 Å².